The summed E-state index contributed by atoms with van der Waals surface area (Å²) in [5.74, 6) is 0. The van der Waals surface area contributed by atoms with Crippen LogP contribution in [0.15, 0.2) is 6.07 Å². The van der Waals surface area contributed by atoms with Crippen LogP contribution in [0.25, 0.3) is 0 Å². The van der Waals surface area contributed by atoms with E-state index in [0.29, 0.717) is 0 Å². The van der Waals surface area contributed by atoms with Crippen molar-refractivity contribution in [3.8, 4) is 0 Å². The lowest BCUT2D eigenvalue weighted by Crippen LogP contribution is -2.04. The first-order chi connectivity index (χ1) is 6.74. The summed E-state index contributed by atoms with van der Waals surface area (Å²) in [6.07, 6.45) is 2.15. The maximum absolute atomic E-state index is 5.12. The zero-order valence-corrected chi connectivity index (χ0v) is 9.76. The maximum atomic E-state index is 5.12. The number of nitrogens with zero attached hydrogens (tertiary/aromatic N) is 1. The van der Waals surface area contributed by atoms with E-state index >= 15 is 0 Å². The van der Waals surface area contributed by atoms with Crippen LogP contribution >= 0.6 is 0 Å². The molecule has 0 aliphatic carbocycles. The van der Waals surface area contributed by atoms with Crippen LogP contribution in [0.5, 0.6) is 0 Å². The molecule has 0 bridgehead atoms. The predicted molar refractivity (Wildman–Crippen MR) is 59.8 cm³/mol. The molecule has 0 saturated heterocycles. The Morgan fingerprint density at radius 2 is 2.07 bits per heavy atom. The molecule has 0 aromatic carbocycles. The third kappa shape index (κ3) is 2.18. The quantitative estimate of drug-likeness (QED) is 0.704. The molecule has 0 amide bonds. The smallest absolute Gasteiger partial charge is 0.0503 e. The van der Waals surface area contributed by atoms with Gasteiger partial charge < -0.3 is 9.30 Å². The number of aromatic nitrogens is 1. The van der Waals surface area contributed by atoms with Crippen LogP contribution in [0.3, 0.4) is 0 Å². The molecule has 1 heterocycles. The number of aryl methyl sites for hydroxylation is 1. The highest BCUT2D eigenvalue weighted by Gasteiger charge is 2.09. The average Bonchev–Trinajstić information content (AvgIpc) is 2.50. The molecule has 14 heavy (non-hydrogen) atoms. The highest BCUT2D eigenvalue weighted by molar-refractivity contribution is 5.28. The molecular weight excluding hydrogens is 174 g/mol. The van der Waals surface area contributed by atoms with Crippen molar-refractivity contribution in [1.29, 1.82) is 0 Å². The molecule has 0 aliphatic heterocycles. The normalized spacial score (nSPS) is 10.9. The summed E-state index contributed by atoms with van der Waals surface area (Å²) >= 11 is 0. The first-order valence-electron chi connectivity index (χ1n) is 5.41. The summed E-state index contributed by atoms with van der Waals surface area (Å²) < 4.78 is 7.51. The van der Waals surface area contributed by atoms with Crippen molar-refractivity contribution in [2.24, 2.45) is 0 Å². The van der Waals surface area contributed by atoms with Crippen LogP contribution in [-0.4, -0.2) is 18.3 Å². The van der Waals surface area contributed by atoms with Gasteiger partial charge in [-0.2, -0.15) is 0 Å². The lowest BCUT2D eigenvalue weighted by Gasteiger charge is -2.08. The Labute approximate surface area is 86.9 Å². The van der Waals surface area contributed by atoms with Gasteiger partial charge in [0.2, 0.25) is 0 Å². The Morgan fingerprint density at radius 1 is 1.36 bits per heavy atom. The summed E-state index contributed by atoms with van der Waals surface area (Å²) in [6.45, 7) is 8.49. The standard InChI is InChI=1S/C12H21NO/c1-5-12-11(7-8-14-4)9-10(3)13(12)6-2/h9H,5-8H2,1-4H3. The minimum atomic E-state index is 0.820. The molecule has 0 N–H and O–H groups in total. The van der Waals surface area contributed by atoms with Gasteiger partial charge in [0.25, 0.3) is 0 Å². The van der Waals surface area contributed by atoms with Crippen molar-refractivity contribution in [3.05, 3.63) is 23.0 Å². The van der Waals surface area contributed by atoms with Gasteiger partial charge in [-0.25, -0.2) is 0 Å². The van der Waals surface area contributed by atoms with Gasteiger partial charge in [0.1, 0.15) is 0 Å². The molecule has 2 nitrogen and oxygen atoms in total. The van der Waals surface area contributed by atoms with Crippen LogP contribution in [0.4, 0.5) is 0 Å². The molecule has 1 aromatic heterocycles. The van der Waals surface area contributed by atoms with E-state index in [1.165, 1.54) is 17.0 Å². The highest BCUT2D eigenvalue weighted by Crippen LogP contribution is 2.17. The van der Waals surface area contributed by atoms with E-state index < -0.39 is 0 Å². The second-order valence-electron chi connectivity index (χ2n) is 3.60. The van der Waals surface area contributed by atoms with Gasteiger partial charge >= 0.3 is 0 Å². The minimum Gasteiger partial charge on any atom is -0.384 e. The monoisotopic (exact) mass is 195 g/mol. The summed E-state index contributed by atoms with van der Waals surface area (Å²) in [5.41, 5.74) is 4.30. The van der Waals surface area contributed by atoms with Crippen molar-refractivity contribution in [1.82, 2.24) is 4.57 Å². The van der Waals surface area contributed by atoms with E-state index in [1.807, 2.05) is 0 Å². The fraction of sp³-hybridized carbons (Fsp3) is 0.667. The Bertz CT molecular complexity index is 289. The molecule has 0 radical (unpaired) electrons. The van der Waals surface area contributed by atoms with Gasteiger partial charge in [-0.05, 0) is 38.3 Å². The summed E-state index contributed by atoms with van der Waals surface area (Å²) in [6, 6.07) is 2.29. The molecular formula is C12H21NO. The highest BCUT2D eigenvalue weighted by atomic mass is 16.5. The first-order valence-corrected chi connectivity index (χ1v) is 5.41. The van der Waals surface area contributed by atoms with E-state index in [4.69, 9.17) is 4.74 Å². The lowest BCUT2D eigenvalue weighted by molar-refractivity contribution is 0.202. The van der Waals surface area contributed by atoms with E-state index in [9.17, 15) is 0 Å². The molecule has 0 unspecified atom stereocenters. The molecule has 0 aliphatic rings. The van der Waals surface area contributed by atoms with Crippen molar-refractivity contribution in [3.63, 3.8) is 0 Å². The van der Waals surface area contributed by atoms with E-state index in [-0.39, 0.29) is 0 Å². The Kier molecular flexibility index (Phi) is 4.21. The number of rotatable bonds is 5. The molecule has 0 fully saturated rings. The number of hydrogen-bond acceptors (Lipinski definition) is 1. The molecule has 0 spiro atoms. The van der Waals surface area contributed by atoms with E-state index in [2.05, 4.69) is 31.4 Å². The topological polar surface area (TPSA) is 14.2 Å². The number of hydrogen-bond donors (Lipinski definition) is 0. The molecule has 0 saturated carbocycles. The second-order valence-corrected chi connectivity index (χ2v) is 3.60. The molecule has 1 aromatic rings. The maximum Gasteiger partial charge on any atom is 0.0503 e. The molecule has 0 atom stereocenters. The third-order valence-corrected chi connectivity index (χ3v) is 2.73. The van der Waals surface area contributed by atoms with Gasteiger partial charge in [0.05, 0.1) is 6.61 Å². The third-order valence-electron chi connectivity index (χ3n) is 2.73. The van der Waals surface area contributed by atoms with Crippen LogP contribution in [-0.2, 0) is 24.1 Å². The second kappa shape index (κ2) is 5.20. The van der Waals surface area contributed by atoms with E-state index in [0.717, 1.165) is 26.0 Å². The van der Waals surface area contributed by atoms with Gasteiger partial charge in [0.15, 0.2) is 0 Å². The van der Waals surface area contributed by atoms with Crippen LogP contribution < -0.4 is 0 Å². The van der Waals surface area contributed by atoms with Gasteiger partial charge in [-0.3, -0.25) is 0 Å². The van der Waals surface area contributed by atoms with Gasteiger partial charge in [0, 0.05) is 25.0 Å². The fourth-order valence-electron chi connectivity index (χ4n) is 2.09. The average molecular weight is 195 g/mol. The van der Waals surface area contributed by atoms with Crippen LogP contribution in [0.2, 0.25) is 0 Å². The van der Waals surface area contributed by atoms with Crippen molar-refractivity contribution in [2.75, 3.05) is 13.7 Å². The summed E-state index contributed by atoms with van der Waals surface area (Å²) in [5, 5.41) is 0. The Balaban J connectivity index is 2.92. The Hall–Kier alpha value is -0.760. The largest absolute Gasteiger partial charge is 0.384 e. The lowest BCUT2D eigenvalue weighted by atomic mass is 10.1. The van der Waals surface area contributed by atoms with Gasteiger partial charge in [-0.1, -0.05) is 6.92 Å². The predicted octanol–water partition coefficient (Wildman–Crippen LogP) is 2.57. The van der Waals surface area contributed by atoms with Crippen molar-refractivity contribution in [2.45, 2.75) is 40.2 Å². The number of ether oxygens (including phenoxy) is 1. The summed E-state index contributed by atoms with van der Waals surface area (Å²) in [4.78, 5) is 0. The van der Waals surface area contributed by atoms with E-state index in [1.54, 1.807) is 7.11 Å². The molecule has 80 valence electrons. The molecule has 1 rings (SSSR count). The van der Waals surface area contributed by atoms with Crippen LogP contribution in [0.1, 0.15) is 30.8 Å². The zero-order valence-electron chi connectivity index (χ0n) is 9.76. The zero-order chi connectivity index (χ0) is 10.6. The SMILES string of the molecule is CCc1c(CCOC)cc(C)n1CC. The van der Waals surface area contributed by atoms with Crippen molar-refractivity contribution >= 4 is 0 Å². The Morgan fingerprint density at radius 3 is 2.57 bits per heavy atom. The fourth-order valence-corrected chi connectivity index (χ4v) is 2.09. The van der Waals surface area contributed by atoms with Crippen molar-refractivity contribution < 1.29 is 4.74 Å². The number of methoxy groups -OCH3 is 1. The van der Waals surface area contributed by atoms with Gasteiger partial charge in [-0.15, -0.1) is 0 Å². The van der Waals surface area contributed by atoms with Crippen LogP contribution in [0, 0.1) is 6.92 Å². The first kappa shape index (κ1) is 11.3. The molecule has 2 heteroatoms. The minimum absolute atomic E-state index is 0.820. The summed E-state index contributed by atoms with van der Waals surface area (Å²) in [7, 11) is 1.76.